The van der Waals surface area contributed by atoms with Crippen LogP contribution in [0.3, 0.4) is 0 Å². The molecule has 0 unspecified atom stereocenters. The predicted molar refractivity (Wildman–Crippen MR) is 135 cm³/mol. The molecule has 1 saturated carbocycles. The Balaban J connectivity index is 1.81. The number of nitrogens with one attached hydrogen (secondary N) is 1. The Morgan fingerprint density at radius 1 is 1.23 bits per heavy atom. The van der Waals surface area contributed by atoms with Gasteiger partial charge in [0.05, 0.1) is 5.92 Å². The Kier molecular flexibility index (Phi) is 8.63. The summed E-state index contributed by atoms with van der Waals surface area (Å²) in [4.78, 5) is 28.8. The zero-order valence-electron chi connectivity index (χ0n) is 20.8. The Labute approximate surface area is 211 Å². The van der Waals surface area contributed by atoms with Gasteiger partial charge in [0.25, 0.3) is 5.91 Å². The first kappa shape index (κ1) is 26.8. The molecule has 1 aliphatic carbocycles. The van der Waals surface area contributed by atoms with Gasteiger partial charge in [0.1, 0.15) is 17.0 Å². The summed E-state index contributed by atoms with van der Waals surface area (Å²) in [5.41, 5.74) is 2.83. The number of carboxylic acids is 1. The topological polar surface area (TPSA) is 104 Å². The Morgan fingerprint density at radius 2 is 1.91 bits per heavy atom. The number of benzene rings is 1. The van der Waals surface area contributed by atoms with Gasteiger partial charge >= 0.3 is 5.97 Å². The first-order chi connectivity index (χ1) is 16.5. The molecule has 1 amide bonds. The van der Waals surface area contributed by atoms with E-state index in [4.69, 9.17) is 11.6 Å². The maximum atomic E-state index is 13.3. The second kappa shape index (κ2) is 11.3. The number of hydrogen-bond donors (Lipinski definition) is 3. The van der Waals surface area contributed by atoms with E-state index in [2.05, 4.69) is 48.1 Å². The third-order valence-electron chi connectivity index (χ3n) is 6.69. The van der Waals surface area contributed by atoms with Crippen LogP contribution in [0.25, 0.3) is 0 Å². The van der Waals surface area contributed by atoms with Crippen LogP contribution >= 0.6 is 11.6 Å². The number of aryl methyl sites for hydroxylation is 2. The number of rotatable bonds is 7. The Hall–Kier alpha value is -2.82. The van der Waals surface area contributed by atoms with Gasteiger partial charge in [-0.3, -0.25) is 9.59 Å². The number of carbonyl (C=O) groups excluding carboxylic acids is 1. The van der Waals surface area contributed by atoms with E-state index in [0.29, 0.717) is 32.4 Å². The van der Waals surface area contributed by atoms with E-state index in [-0.39, 0.29) is 34.4 Å². The van der Waals surface area contributed by atoms with E-state index in [0.717, 1.165) is 12.8 Å². The molecule has 0 saturated heterocycles. The van der Waals surface area contributed by atoms with E-state index in [9.17, 15) is 19.8 Å². The standard InChI is InChI=1S/C27H34ClN3O4/c1-17-6-5-7-20(18(17)2)13-15-31-23(22(30-26(31)28)12-14-27(3,4)35)24(32)29-16-19-8-10-21(11-9-19)25(33)34/h5-7,19,21,35H,8-11,13,15-16H2,1-4H3,(H,29,32)(H,33,34). The molecule has 1 heterocycles. The van der Waals surface area contributed by atoms with Crippen LogP contribution in [0.15, 0.2) is 18.2 Å². The number of halogens is 1. The molecular formula is C27H34ClN3O4. The lowest BCUT2D eigenvalue weighted by Gasteiger charge is -2.26. The monoisotopic (exact) mass is 499 g/mol. The summed E-state index contributed by atoms with van der Waals surface area (Å²) in [7, 11) is 0. The average Bonchev–Trinajstić information content (AvgIpc) is 3.12. The lowest BCUT2D eigenvalue weighted by Crippen LogP contribution is -2.34. The highest BCUT2D eigenvalue weighted by Crippen LogP contribution is 2.28. The van der Waals surface area contributed by atoms with Crippen LogP contribution in [0.4, 0.5) is 0 Å². The summed E-state index contributed by atoms with van der Waals surface area (Å²) in [6.07, 6.45) is 3.43. The van der Waals surface area contributed by atoms with Crippen LogP contribution in [-0.4, -0.2) is 43.8 Å². The Bertz CT molecular complexity index is 1150. The molecule has 3 N–H and O–H groups in total. The summed E-state index contributed by atoms with van der Waals surface area (Å²) >= 11 is 6.46. The largest absolute Gasteiger partial charge is 0.481 e. The number of aliphatic hydroxyl groups is 1. The van der Waals surface area contributed by atoms with Gasteiger partial charge in [0, 0.05) is 13.1 Å². The summed E-state index contributed by atoms with van der Waals surface area (Å²) in [5.74, 6) is 4.40. The van der Waals surface area contributed by atoms with Gasteiger partial charge in [-0.1, -0.05) is 24.1 Å². The van der Waals surface area contributed by atoms with Gasteiger partial charge in [0.15, 0.2) is 0 Å². The predicted octanol–water partition coefficient (Wildman–Crippen LogP) is 4.14. The van der Waals surface area contributed by atoms with Gasteiger partial charge in [-0.2, -0.15) is 0 Å². The summed E-state index contributed by atoms with van der Waals surface area (Å²) in [5, 5.41) is 22.4. The normalized spacial score (nSPS) is 18.0. The molecule has 1 aromatic heterocycles. The second-order valence-electron chi connectivity index (χ2n) is 9.91. The number of nitrogens with zero attached hydrogens (tertiary/aromatic N) is 2. The minimum Gasteiger partial charge on any atom is -0.481 e. The van der Waals surface area contributed by atoms with Crippen LogP contribution in [0.2, 0.25) is 5.28 Å². The number of carbonyl (C=O) groups is 2. The van der Waals surface area contributed by atoms with Crippen molar-refractivity contribution in [1.82, 2.24) is 14.9 Å². The number of aliphatic carboxylic acids is 1. The van der Waals surface area contributed by atoms with Gasteiger partial charge in [-0.15, -0.1) is 0 Å². The number of carboxylic acid groups (broad SMARTS) is 1. The van der Waals surface area contributed by atoms with E-state index < -0.39 is 11.6 Å². The van der Waals surface area contributed by atoms with E-state index in [1.165, 1.54) is 16.7 Å². The molecule has 1 aliphatic rings. The van der Waals surface area contributed by atoms with E-state index in [1.807, 2.05) is 6.07 Å². The smallest absolute Gasteiger partial charge is 0.306 e. The number of hydrogen-bond acceptors (Lipinski definition) is 4. The molecule has 1 aromatic carbocycles. The molecule has 0 radical (unpaired) electrons. The molecule has 0 bridgehead atoms. The second-order valence-corrected chi connectivity index (χ2v) is 10.3. The van der Waals surface area contributed by atoms with E-state index in [1.54, 1.807) is 18.4 Å². The highest BCUT2D eigenvalue weighted by Gasteiger charge is 2.27. The average molecular weight is 500 g/mol. The first-order valence-electron chi connectivity index (χ1n) is 12.0. The van der Waals surface area contributed by atoms with Crippen molar-refractivity contribution in [3.8, 4) is 11.8 Å². The minimum atomic E-state index is -1.24. The van der Waals surface area contributed by atoms with Crippen LogP contribution in [-0.2, 0) is 17.8 Å². The highest BCUT2D eigenvalue weighted by molar-refractivity contribution is 6.29. The lowest BCUT2D eigenvalue weighted by atomic mass is 9.82. The Morgan fingerprint density at radius 3 is 2.54 bits per heavy atom. The fraction of sp³-hybridized carbons (Fsp3) is 0.519. The minimum absolute atomic E-state index is 0.169. The van der Waals surface area contributed by atoms with Crippen LogP contribution < -0.4 is 5.32 Å². The van der Waals surface area contributed by atoms with Crippen molar-refractivity contribution < 1.29 is 19.8 Å². The molecule has 188 valence electrons. The quantitative estimate of drug-likeness (QED) is 0.497. The van der Waals surface area contributed by atoms with Crippen molar-refractivity contribution in [1.29, 1.82) is 0 Å². The van der Waals surface area contributed by atoms with Crippen molar-refractivity contribution in [2.45, 2.75) is 71.9 Å². The zero-order chi connectivity index (χ0) is 25.8. The third-order valence-corrected chi connectivity index (χ3v) is 6.98. The van der Waals surface area contributed by atoms with E-state index >= 15 is 0 Å². The summed E-state index contributed by atoms with van der Waals surface area (Å²) in [6.45, 7) is 8.16. The molecule has 8 heteroatoms. The zero-order valence-corrected chi connectivity index (χ0v) is 21.6. The first-order valence-corrected chi connectivity index (χ1v) is 12.4. The molecular weight excluding hydrogens is 466 g/mol. The van der Waals surface area contributed by atoms with Crippen LogP contribution in [0, 0.1) is 37.5 Å². The molecule has 0 aliphatic heterocycles. The van der Waals surface area contributed by atoms with Gasteiger partial charge < -0.3 is 20.1 Å². The molecule has 0 spiro atoms. The number of imidazole rings is 1. The van der Waals surface area contributed by atoms with Crippen LogP contribution in [0.5, 0.6) is 0 Å². The fourth-order valence-corrected chi connectivity index (χ4v) is 4.66. The lowest BCUT2D eigenvalue weighted by molar-refractivity contribution is -0.143. The molecule has 1 fully saturated rings. The van der Waals surface area contributed by atoms with Gasteiger partial charge in [-0.25, -0.2) is 4.98 Å². The maximum absolute atomic E-state index is 13.3. The third kappa shape index (κ3) is 7.09. The molecule has 0 atom stereocenters. The van der Waals surface area contributed by atoms with Gasteiger partial charge in [-0.05, 0) is 99.9 Å². The highest BCUT2D eigenvalue weighted by atomic mass is 35.5. The van der Waals surface area contributed by atoms with Crippen molar-refractivity contribution in [2.75, 3.05) is 6.54 Å². The number of amides is 1. The fourth-order valence-electron chi connectivity index (χ4n) is 4.41. The molecule has 35 heavy (non-hydrogen) atoms. The van der Waals surface area contributed by atoms with Gasteiger partial charge in [0.2, 0.25) is 5.28 Å². The molecule has 2 aromatic rings. The SMILES string of the molecule is Cc1cccc(CCn2c(Cl)nc(C#CC(C)(C)O)c2C(=O)NCC2CCC(C(=O)O)CC2)c1C. The number of aromatic nitrogens is 2. The van der Waals surface area contributed by atoms with Crippen molar-refractivity contribution in [2.24, 2.45) is 11.8 Å². The molecule has 3 rings (SSSR count). The molecule has 7 nitrogen and oxygen atoms in total. The van der Waals surface area contributed by atoms with Crippen molar-refractivity contribution in [3.63, 3.8) is 0 Å². The summed E-state index contributed by atoms with van der Waals surface area (Å²) in [6, 6.07) is 6.14. The summed E-state index contributed by atoms with van der Waals surface area (Å²) < 4.78 is 1.67. The maximum Gasteiger partial charge on any atom is 0.306 e. The van der Waals surface area contributed by atoms with Crippen LogP contribution in [0.1, 0.15) is 72.4 Å². The van der Waals surface area contributed by atoms with Crippen molar-refractivity contribution in [3.05, 3.63) is 51.6 Å². The van der Waals surface area contributed by atoms with Crippen molar-refractivity contribution >= 4 is 23.5 Å².